The molecule has 0 amide bonds. The Balaban J connectivity index is 4.10. The SMILES string of the molecule is CCCC(CCC)CNS(=O)(=O)NCC(=O)OC. The molecule has 0 bridgehead atoms. The predicted molar refractivity (Wildman–Crippen MR) is 70.2 cm³/mol. The van der Waals surface area contributed by atoms with Crippen molar-refractivity contribution in [2.45, 2.75) is 39.5 Å². The molecule has 0 aromatic heterocycles. The lowest BCUT2D eigenvalue weighted by Gasteiger charge is -2.16. The highest BCUT2D eigenvalue weighted by Gasteiger charge is 2.14. The molecule has 0 aliphatic carbocycles. The second kappa shape index (κ2) is 9.29. The second-order valence-electron chi connectivity index (χ2n) is 4.19. The molecule has 0 spiro atoms. The smallest absolute Gasteiger partial charge is 0.320 e. The van der Waals surface area contributed by atoms with Crippen molar-refractivity contribution in [3.8, 4) is 0 Å². The van der Waals surface area contributed by atoms with E-state index >= 15 is 0 Å². The number of carbonyl (C=O) groups excluding carboxylic acids is 1. The summed E-state index contributed by atoms with van der Waals surface area (Å²) in [6.07, 6.45) is 4.05. The summed E-state index contributed by atoms with van der Waals surface area (Å²) >= 11 is 0. The predicted octanol–water partition coefficient (Wildman–Crippen LogP) is 0.800. The average molecular weight is 280 g/mol. The average Bonchev–Trinajstić information content (AvgIpc) is 2.34. The minimum atomic E-state index is -3.62. The van der Waals surface area contributed by atoms with E-state index in [1.807, 2.05) is 0 Å². The van der Waals surface area contributed by atoms with E-state index in [4.69, 9.17) is 0 Å². The molecule has 108 valence electrons. The van der Waals surface area contributed by atoms with Gasteiger partial charge in [-0.2, -0.15) is 13.1 Å². The molecule has 7 heteroatoms. The number of ether oxygens (including phenoxy) is 1. The van der Waals surface area contributed by atoms with E-state index in [0.717, 1.165) is 25.7 Å². The van der Waals surface area contributed by atoms with E-state index < -0.39 is 16.2 Å². The van der Waals surface area contributed by atoms with Gasteiger partial charge in [0.25, 0.3) is 10.2 Å². The molecule has 6 nitrogen and oxygen atoms in total. The van der Waals surface area contributed by atoms with Crippen molar-refractivity contribution in [1.29, 1.82) is 0 Å². The van der Waals surface area contributed by atoms with E-state index in [0.29, 0.717) is 12.5 Å². The number of carbonyl (C=O) groups is 1. The van der Waals surface area contributed by atoms with E-state index in [1.165, 1.54) is 7.11 Å². The third-order valence-electron chi connectivity index (χ3n) is 2.59. The number of methoxy groups -OCH3 is 1. The van der Waals surface area contributed by atoms with Crippen molar-refractivity contribution in [3.05, 3.63) is 0 Å². The van der Waals surface area contributed by atoms with Crippen LogP contribution in [0.4, 0.5) is 0 Å². The van der Waals surface area contributed by atoms with Crippen LogP contribution in [-0.2, 0) is 19.7 Å². The first-order valence-corrected chi connectivity index (χ1v) is 7.74. The van der Waals surface area contributed by atoms with Gasteiger partial charge in [0, 0.05) is 6.54 Å². The van der Waals surface area contributed by atoms with Gasteiger partial charge in [-0.15, -0.1) is 0 Å². The van der Waals surface area contributed by atoms with Crippen LogP contribution in [0.3, 0.4) is 0 Å². The van der Waals surface area contributed by atoms with Crippen LogP contribution in [0.15, 0.2) is 0 Å². The minimum Gasteiger partial charge on any atom is -0.468 e. The van der Waals surface area contributed by atoms with Crippen LogP contribution in [0.5, 0.6) is 0 Å². The normalized spacial score (nSPS) is 11.8. The molecule has 0 aliphatic rings. The van der Waals surface area contributed by atoms with Gasteiger partial charge in [-0.25, -0.2) is 4.72 Å². The Bertz CT molecular complexity index is 324. The molecule has 0 unspecified atom stereocenters. The lowest BCUT2D eigenvalue weighted by atomic mass is 9.99. The summed E-state index contributed by atoms with van der Waals surface area (Å²) in [5.74, 6) is -0.270. The zero-order valence-electron chi connectivity index (χ0n) is 11.4. The van der Waals surface area contributed by atoms with E-state index in [1.54, 1.807) is 0 Å². The molecular weight excluding hydrogens is 256 g/mol. The van der Waals surface area contributed by atoms with E-state index in [9.17, 15) is 13.2 Å². The molecule has 0 aromatic rings. The second-order valence-corrected chi connectivity index (χ2v) is 5.78. The number of hydrogen-bond donors (Lipinski definition) is 2. The van der Waals surface area contributed by atoms with Gasteiger partial charge in [-0.3, -0.25) is 4.79 Å². The van der Waals surface area contributed by atoms with Crippen LogP contribution in [0.1, 0.15) is 39.5 Å². The highest BCUT2D eigenvalue weighted by atomic mass is 32.2. The lowest BCUT2D eigenvalue weighted by molar-refractivity contribution is -0.139. The summed E-state index contributed by atoms with van der Waals surface area (Å²) in [4.78, 5) is 10.8. The lowest BCUT2D eigenvalue weighted by Crippen LogP contribution is -2.41. The Labute approximate surface area is 110 Å². The van der Waals surface area contributed by atoms with Gasteiger partial charge in [-0.05, 0) is 18.8 Å². The molecular formula is C11H24N2O4S. The van der Waals surface area contributed by atoms with Crippen molar-refractivity contribution in [2.24, 2.45) is 5.92 Å². The van der Waals surface area contributed by atoms with Crippen molar-refractivity contribution in [3.63, 3.8) is 0 Å². The van der Waals surface area contributed by atoms with Gasteiger partial charge in [0.1, 0.15) is 6.54 Å². The van der Waals surface area contributed by atoms with Crippen molar-refractivity contribution < 1.29 is 17.9 Å². The number of rotatable bonds is 10. The summed E-state index contributed by atoms with van der Waals surface area (Å²) in [6.45, 7) is 4.20. The van der Waals surface area contributed by atoms with E-state index in [-0.39, 0.29) is 6.54 Å². The number of hydrogen-bond acceptors (Lipinski definition) is 4. The highest BCUT2D eigenvalue weighted by Crippen LogP contribution is 2.12. The number of nitrogens with one attached hydrogen (secondary N) is 2. The van der Waals surface area contributed by atoms with Gasteiger partial charge in [0.15, 0.2) is 0 Å². The summed E-state index contributed by atoms with van der Waals surface area (Å²) in [6, 6.07) is 0. The maximum absolute atomic E-state index is 11.5. The first-order valence-electron chi connectivity index (χ1n) is 6.26. The van der Waals surface area contributed by atoms with Crippen molar-refractivity contribution >= 4 is 16.2 Å². The van der Waals surface area contributed by atoms with Crippen LogP contribution in [0, 0.1) is 5.92 Å². The van der Waals surface area contributed by atoms with Gasteiger partial charge >= 0.3 is 5.97 Å². The fraction of sp³-hybridized carbons (Fsp3) is 0.909. The Hall–Kier alpha value is -0.660. The summed E-state index contributed by atoms with van der Waals surface area (Å²) in [7, 11) is -2.41. The van der Waals surface area contributed by atoms with Gasteiger partial charge in [0.2, 0.25) is 0 Å². The molecule has 0 aromatic carbocycles. The highest BCUT2D eigenvalue weighted by molar-refractivity contribution is 7.87. The summed E-state index contributed by atoms with van der Waals surface area (Å²) in [5, 5.41) is 0. The maximum atomic E-state index is 11.5. The molecule has 0 atom stereocenters. The molecule has 0 aliphatic heterocycles. The van der Waals surface area contributed by atoms with Crippen LogP contribution >= 0.6 is 0 Å². The first-order chi connectivity index (χ1) is 8.45. The molecule has 0 saturated heterocycles. The van der Waals surface area contributed by atoms with Crippen molar-refractivity contribution in [1.82, 2.24) is 9.44 Å². The topological polar surface area (TPSA) is 84.5 Å². The molecule has 0 heterocycles. The van der Waals surface area contributed by atoms with Crippen LogP contribution in [-0.4, -0.2) is 34.6 Å². The Morgan fingerprint density at radius 2 is 1.72 bits per heavy atom. The molecule has 18 heavy (non-hydrogen) atoms. The van der Waals surface area contributed by atoms with Gasteiger partial charge in [-0.1, -0.05) is 26.7 Å². The fourth-order valence-electron chi connectivity index (χ4n) is 1.67. The fourth-order valence-corrected chi connectivity index (χ4v) is 2.53. The summed E-state index contributed by atoms with van der Waals surface area (Å²) < 4.78 is 32.0. The molecule has 0 radical (unpaired) electrons. The Morgan fingerprint density at radius 1 is 1.17 bits per heavy atom. The zero-order valence-corrected chi connectivity index (χ0v) is 12.2. The van der Waals surface area contributed by atoms with Gasteiger partial charge in [0.05, 0.1) is 7.11 Å². The van der Waals surface area contributed by atoms with Crippen molar-refractivity contribution in [2.75, 3.05) is 20.2 Å². The summed E-state index contributed by atoms with van der Waals surface area (Å²) in [5.41, 5.74) is 0. The maximum Gasteiger partial charge on any atom is 0.320 e. The zero-order chi connectivity index (χ0) is 14.0. The van der Waals surface area contributed by atoms with Crippen LogP contribution in [0.25, 0.3) is 0 Å². The monoisotopic (exact) mass is 280 g/mol. The first kappa shape index (κ1) is 17.3. The molecule has 0 saturated carbocycles. The Kier molecular flexibility index (Phi) is 8.95. The largest absolute Gasteiger partial charge is 0.468 e. The standard InChI is InChI=1S/C11H24N2O4S/c1-4-6-10(7-5-2)8-12-18(15,16)13-9-11(14)17-3/h10,12-13H,4-9H2,1-3H3. The molecule has 2 N–H and O–H groups in total. The quantitative estimate of drug-likeness (QED) is 0.580. The Morgan fingerprint density at radius 3 is 2.17 bits per heavy atom. The minimum absolute atomic E-state index is 0.342. The van der Waals surface area contributed by atoms with E-state index in [2.05, 4.69) is 28.0 Å². The molecule has 0 fully saturated rings. The van der Waals surface area contributed by atoms with Crippen LogP contribution < -0.4 is 9.44 Å². The van der Waals surface area contributed by atoms with Crippen LogP contribution in [0.2, 0.25) is 0 Å². The van der Waals surface area contributed by atoms with Gasteiger partial charge < -0.3 is 4.74 Å². The third-order valence-corrected chi connectivity index (χ3v) is 3.66. The molecule has 0 rings (SSSR count). The number of esters is 1. The third kappa shape index (κ3) is 8.43.